The smallest absolute Gasteiger partial charge is 0.303 e. The summed E-state index contributed by atoms with van der Waals surface area (Å²) in [6.45, 7) is 3.15. The Morgan fingerprint density at radius 2 is 2.30 bits per heavy atom. The Morgan fingerprint density at radius 3 is 2.90 bits per heavy atom. The molecule has 0 spiro atoms. The number of halogens is 1. The van der Waals surface area contributed by atoms with Crippen LogP contribution in [0.3, 0.4) is 0 Å². The van der Waals surface area contributed by atoms with Crippen LogP contribution in [0, 0.1) is 5.92 Å². The molecule has 110 valence electrons. The first kappa shape index (κ1) is 15.3. The van der Waals surface area contributed by atoms with E-state index in [1.54, 1.807) is 11.0 Å². The third-order valence-corrected chi connectivity index (χ3v) is 5.10. The fraction of sp³-hybridized carbons (Fsp3) is 0.571. The van der Waals surface area contributed by atoms with Gasteiger partial charge < -0.3 is 10.0 Å². The Morgan fingerprint density at radius 1 is 1.55 bits per heavy atom. The summed E-state index contributed by atoms with van der Waals surface area (Å²) in [5.74, 6) is -0.860. The highest BCUT2D eigenvalue weighted by Crippen LogP contribution is 2.30. The SMILES string of the molecule is C[C@@H](C(=O)N1CCC[C@H](CC(=O)O)C1)c1ccc(Cl)s1. The number of hydrogen-bond acceptors (Lipinski definition) is 3. The number of rotatable bonds is 4. The number of piperidine rings is 1. The van der Waals surface area contributed by atoms with Crippen LogP contribution in [0.5, 0.6) is 0 Å². The molecule has 2 heterocycles. The molecule has 1 saturated heterocycles. The molecule has 0 aromatic carbocycles. The van der Waals surface area contributed by atoms with Gasteiger partial charge in [-0.3, -0.25) is 9.59 Å². The van der Waals surface area contributed by atoms with E-state index in [2.05, 4.69) is 0 Å². The van der Waals surface area contributed by atoms with Crippen molar-refractivity contribution >= 4 is 34.8 Å². The van der Waals surface area contributed by atoms with Gasteiger partial charge in [0.1, 0.15) is 0 Å². The highest BCUT2D eigenvalue weighted by molar-refractivity contribution is 7.16. The number of carboxylic acid groups (broad SMARTS) is 1. The summed E-state index contributed by atoms with van der Waals surface area (Å²) in [5.41, 5.74) is 0. The second kappa shape index (κ2) is 6.59. The standard InChI is InChI=1S/C14H18ClNO3S/c1-9(11-4-5-12(15)20-11)14(19)16-6-2-3-10(8-16)7-13(17)18/h4-5,9-10H,2-3,6-8H2,1H3,(H,17,18)/t9-,10-/m1/s1. The van der Waals surface area contributed by atoms with E-state index < -0.39 is 5.97 Å². The van der Waals surface area contributed by atoms with Crippen LogP contribution in [0.15, 0.2) is 12.1 Å². The van der Waals surface area contributed by atoms with Gasteiger partial charge in [0.05, 0.1) is 10.3 Å². The van der Waals surface area contributed by atoms with Crippen molar-refractivity contribution in [1.29, 1.82) is 0 Å². The van der Waals surface area contributed by atoms with Crippen LogP contribution in [0.2, 0.25) is 4.34 Å². The molecule has 20 heavy (non-hydrogen) atoms. The highest BCUT2D eigenvalue weighted by atomic mass is 35.5. The number of nitrogens with zero attached hydrogens (tertiary/aromatic N) is 1. The lowest BCUT2D eigenvalue weighted by Crippen LogP contribution is -2.42. The Kier molecular flexibility index (Phi) is 5.05. The zero-order valence-corrected chi connectivity index (χ0v) is 12.9. The summed E-state index contributed by atoms with van der Waals surface area (Å²) in [6, 6.07) is 3.68. The Balaban J connectivity index is 1.99. The minimum atomic E-state index is -0.789. The molecule has 1 aliphatic heterocycles. The van der Waals surface area contributed by atoms with Gasteiger partial charge in [0, 0.05) is 24.4 Å². The van der Waals surface area contributed by atoms with Crippen molar-refractivity contribution < 1.29 is 14.7 Å². The number of carbonyl (C=O) groups is 2. The molecule has 1 amide bonds. The number of thiophene rings is 1. The van der Waals surface area contributed by atoms with E-state index in [0.29, 0.717) is 10.9 Å². The van der Waals surface area contributed by atoms with Crippen molar-refractivity contribution in [3.63, 3.8) is 0 Å². The maximum atomic E-state index is 12.5. The van der Waals surface area contributed by atoms with Gasteiger partial charge in [-0.1, -0.05) is 11.6 Å². The van der Waals surface area contributed by atoms with Crippen molar-refractivity contribution in [2.45, 2.75) is 32.1 Å². The molecule has 2 atom stereocenters. The normalized spacial score (nSPS) is 20.7. The van der Waals surface area contributed by atoms with Gasteiger partial charge in [-0.25, -0.2) is 0 Å². The molecule has 0 unspecified atom stereocenters. The molecule has 0 aliphatic carbocycles. The number of hydrogen-bond donors (Lipinski definition) is 1. The third kappa shape index (κ3) is 3.73. The minimum Gasteiger partial charge on any atom is -0.481 e. The van der Waals surface area contributed by atoms with Gasteiger partial charge in [-0.05, 0) is 37.8 Å². The summed E-state index contributed by atoms with van der Waals surface area (Å²) >= 11 is 7.33. The average Bonchev–Trinajstić information content (AvgIpc) is 2.83. The van der Waals surface area contributed by atoms with Crippen LogP contribution in [0.25, 0.3) is 0 Å². The van der Waals surface area contributed by atoms with Crippen molar-refractivity contribution in [2.24, 2.45) is 5.92 Å². The number of carboxylic acids is 1. The Hall–Kier alpha value is -1.07. The van der Waals surface area contributed by atoms with E-state index in [9.17, 15) is 9.59 Å². The van der Waals surface area contributed by atoms with Gasteiger partial charge in [0.25, 0.3) is 0 Å². The molecule has 1 fully saturated rings. The molecular formula is C14H18ClNO3S. The summed E-state index contributed by atoms with van der Waals surface area (Å²) in [6.07, 6.45) is 1.90. The first-order chi connectivity index (χ1) is 9.47. The molecule has 0 radical (unpaired) electrons. The van der Waals surface area contributed by atoms with Gasteiger partial charge in [0.2, 0.25) is 5.91 Å². The molecule has 1 aliphatic rings. The van der Waals surface area contributed by atoms with E-state index in [0.717, 1.165) is 24.3 Å². The summed E-state index contributed by atoms with van der Waals surface area (Å²) < 4.78 is 0.682. The van der Waals surface area contributed by atoms with Gasteiger partial charge >= 0.3 is 5.97 Å². The Labute approximate surface area is 127 Å². The maximum absolute atomic E-state index is 12.5. The molecule has 6 heteroatoms. The molecular weight excluding hydrogens is 298 g/mol. The first-order valence-corrected chi connectivity index (χ1v) is 7.92. The second-order valence-electron chi connectivity index (χ2n) is 5.25. The molecule has 0 bridgehead atoms. The number of amides is 1. The van der Waals surface area contributed by atoms with Crippen molar-refractivity contribution in [2.75, 3.05) is 13.1 Å². The molecule has 1 aromatic rings. The number of likely N-dealkylation sites (tertiary alicyclic amines) is 1. The second-order valence-corrected chi connectivity index (χ2v) is 7.00. The summed E-state index contributed by atoms with van der Waals surface area (Å²) in [7, 11) is 0. The quantitative estimate of drug-likeness (QED) is 0.928. The predicted octanol–water partition coefficient (Wildman–Crippen LogP) is 3.22. The number of aliphatic carboxylic acids is 1. The van der Waals surface area contributed by atoms with E-state index in [1.165, 1.54) is 11.3 Å². The van der Waals surface area contributed by atoms with Crippen molar-refractivity contribution in [3.8, 4) is 0 Å². The lowest BCUT2D eigenvalue weighted by Gasteiger charge is -2.33. The van der Waals surface area contributed by atoms with Crippen LogP contribution in [0.1, 0.15) is 37.0 Å². The van der Waals surface area contributed by atoms with Crippen molar-refractivity contribution in [3.05, 3.63) is 21.3 Å². The zero-order valence-electron chi connectivity index (χ0n) is 11.3. The van der Waals surface area contributed by atoms with Crippen LogP contribution in [-0.4, -0.2) is 35.0 Å². The lowest BCUT2D eigenvalue weighted by molar-refractivity contribution is -0.141. The topological polar surface area (TPSA) is 57.6 Å². The fourth-order valence-corrected chi connectivity index (χ4v) is 3.74. The van der Waals surface area contributed by atoms with Gasteiger partial charge in [0.15, 0.2) is 0 Å². The van der Waals surface area contributed by atoms with Crippen LogP contribution in [0.4, 0.5) is 0 Å². The average molecular weight is 316 g/mol. The summed E-state index contributed by atoms with van der Waals surface area (Å²) in [4.78, 5) is 26.0. The lowest BCUT2D eigenvalue weighted by atomic mass is 9.94. The van der Waals surface area contributed by atoms with E-state index in [1.807, 2.05) is 13.0 Å². The van der Waals surface area contributed by atoms with Gasteiger partial charge in [-0.2, -0.15) is 0 Å². The van der Waals surface area contributed by atoms with E-state index in [-0.39, 0.29) is 24.2 Å². The van der Waals surface area contributed by atoms with Crippen molar-refractivity contribution in [1.82, 2.24) is 4.90 Å². The highest BCUT2D eigenvalue weighted by Gasteiger charge is 2.29. The molecule has 0 saturated carbocycles. The third-order valence-electron chi connectivity index (χ3n) is 3.69. The minimum absolute atomic E-state index is 0.0682. The Bertz CT molecular complexity index is 502. The van der Waals surface area contributed by atoms with Crippen LogP contribution >= 0.6 is 22.9 Å². The fourth-order valence-electron chi connectivity index (χ4n) is 2.64. The zero-order chi connectivity index (χ0) is 14.7. The molecule has 1 aromatic heterocycles. The number of carbonyl (C=O) groups excluding carboxylic acids is 1. The van der Waals surface area contributed by atoms with E-state index >= 15 is 0 Å². The monoisotopic (exact) mass is 315 g/mol. The van der Waals surface area contributed by atoms with E-state index in [4.69, 9.17) is 16.7 Å². The maximum Gasteiger partial charge on any atom is 0.303 e. The molecule has 2 rings (SSSR count). The van der Waals surface area contributed by atoms with Crippen LogP contribution < -0.4 is 0 Å². The largest absolute Gasteiger partial charge is 0.481 e. The van der Waals surface area contributed by atoms with Gasteiger partial charge in [-0.15, -0.1) is 11.3 Å². The first-order valence-electron chi connectivity index (χ1n) is 6.73. The molecule has 4 nitrogen and oxygen atoms in total. The summed E-state index contributed by atoms with van der Waals surface area (Å²) in [5, 5.41) is 8.86. The van der Waals surface area contributed by atoms with Crippen LogP contribution in [-0.2, 0) is 9.59 Å². The predicted molar refractivity (Wildman–Crippen MR) is 79.3 cm³/mol. The molecule has 1 N–H and O–H groups in total.